The minimum atomic E-state index is 0.484. The second kappa shape index (κ2) is 7.32. The van der Waals surface area contributed by atoms with Crippen LogP contribution in [0.5, 0.6) is 0 Å². The van der Waals surface area contributed by atoms with Crippen LogP contribution in [0, 0.1) is 11.3 Å². The Hall–Kier alpha value is -2.21. The number of nitriles is 1. The van der Waals surface area contributed by atoms with Gasteiger partial charge in [0.1, 0.15) is 11.7 Å². The summed E-state index contributed by atoms with van der Waals surface area (Å²) < 4.78 is 6.42. The lowest BCUT2D eigenvalue weighted by molar-refractivity contribution is 0.0115. The number of anilines is 1. The topological polar surface area (TPSA) is 81.1 Å². The van der Waals surface area contributed by atoms with Gasteiger partial charge >= 0.3 is 0 Å². The predicted octanol–water partition coefficient (Wildman–Crippen LogP) is 3.05. The molecule has 0 amide bonds. The van der Waals surface area contributed by atoms with Crippen molar-refractivity contribution in [2.45, 2.75) is 18.9 Å². The molecule has 2 fully saturated rings. The van der Waals surface area contributed by atoms with E-state index in [1.54, 1.807) is 12.4 Å². The van der Waals surface area contributed by atoms with Gasteiger partial charge in [0.25, 0.3) is 0 Å². The number of rotatable bonds is 2. The zero-order valence-electron chi connectivity index (χ0n) is 15.5. The fourth-order valence-electron chi connectivity index (χ4n) is 4.51. The standard InChI is InChI=1S/C20H21BrN6O/c21-13-9-15-18-17(25-20(15)24-11-13)12-23-16(10-22)19(18)27-3-1-14(2-4-27)26-5-7-28-8-6-26/h9,11-12,14H,1-8H2,(H,24,25). The number of nitrogens with zero attached hydrogens (tertiary/aromatic N) is 5. The molecule has 0 atom stereocenters. The lowest BCUT2D eigenvalue weighted by Gasteiger charge is -2.41. The van der Waals surface area contributed by atoms with Gasteiger partial charge in [0.15, 0.2) is 5.69 Å². The molecule has 0 aliphatic carbocycles. The highest BCUT2D eigenvalue weighted by atomic mass is 79.9. The Morgan fingerprint density at radius 3 is 2.68 bits per heavy atom. The van der Waals surface area contributed by atoms with Crippen LogP contribution in [-0.4, -0.2) is 65.3 Å². The number of fused-ring (bicyclic) bond motifs is 3. The third-order valence-electron chi connectivity index (χ3n) is 5.88. The van der Waals surface area contributed by atoms with Crippen molar-refractivity contribution in [2.75, 3.05) is 44.3 Å². The Labute approximate surface area is 171 Å². The molecule has 0 saturated carbocycles. The second-order valence-corrected chi connectivity index (χ2v) is 8.31. The largest absolute Gasteiger partial charge is 0.379 e. The number of aromatic amines is 1. The summed E-state index contributed by atoms with van der Waals surface area (Å²) >= 11 is 3.52. The van der Waals surface area contributed by atoms with Crippen LogP contribution in [0.4, 0.5) is 5.69 Å². The number of morpholine rings is 1. The van der Waals surface area contributed by atoms with Gasteiger partial charge in [0.05, 0.1) is 30.6 Å². The normalized spacial score (nSPS) is 19.4. The number of halogens is 1. The number of aromatic nitrogens is 3. The molecule has 7 nitrogen and oxygen atoms in total. The van der Waals surface area contributed by atoms with Gasteiger partial charge in [0, 0.05) is 53.7 Å². The van der Waals surface area contributed by atoms with Crippen molar-refractivity contribution < 1.29 is 4.74 Å². The van der Waals surface area contributed by atoms with Crippen molar-refractivity contribution in [1.82, 2.24) is 19.9 Å². The summed E-state index contributed by atoms with van der Waals surface area (Å²) in [4.78, 5) is 17.1. The van der Waals surface area contributed by atoms with Crippen molar-refractivity contribution in [1.29, 1.82) is 5.26 Å². The molecule has 0 unspecified atom stereocenters. The lowest BCUT2D eigenvalue weighted by atomic mass is 10.0. The quantitative estimate of drug-likeness (QED) is 0.659. The molecule has 1 N–H and O–H groups in total. The van der Waals surface area contributed by atoms with E-state index in [1.807, 2.05) is 0 Å². The van der Waals surface area contributed by atoms with Gasteiger partial charge in [-0.05, 0) is 34.8 Å². The van der Waals surface area contributed by atoms with E-state index >= 15 is 0 Å². The number of pyridine rings is 2. The first-order valence-corrected chi connectivity index (χ1v) is 10.5. The van der Waals surface area contributed by atoms with E-state index in [2.05, 4.69) is 52.8 Å². The van der Waals surface area contributed by atoms with Gasteiger partial charge in [-0.15, -0.1) is 0 Å². The Balaban J connectivity index is 1.52. The lowest BCUT2D eigenvalue weighted by Crippen LogP contribution is -2.49. The predicted molar refractivity (Wildman–Crippen MR) is 111 cm³/mol. The van der Waals surface area contributed by atoms with E-state index in [1.165, 1.54) is 0 Å². The third-order valence-corrected chi connectivity index (χ3v) is 6.31. The minimum Gasteiger partial charge on any atom is -0.379 e. The first kappa shape index (κ1) is 17.9. The Morgan fingerprint density at radius 1 is 1.14 bits per heavy atom. The van der Waals surface area contributed by atoms with Crippen LogP contribution in [0.3, 0.4) is 0 Å². The van der Waals surface area contributed by atoms with E-state index in [0.29, 0.717) is 11.7 Å². The number of nitrogens with one attached hydrogen (secondary N) is 1. The summed E-state index contributed by atoms with van der Waals surface area (Å²) in [6, 6.07) is 4.96. The molecule has 5 rings (SSSR count). The van der Waals surface area contributed by atoms with Crippen LogP contribution in [0.25, 0.3) is 21.9 Å². The molecule has 0 bridgehead atoms. The first-order chi connectivity index (χ1) is 13.7. The smallest absolute Gasteiger partial charge is 0.164 e. The van der Waals surface area contributed by atoms with Crippen LogP contribution >= 0.6 is 15.9 Å². The molecule has 0 aromatic carbocycles. The second-order valence-electron chi connectivity index (χ2n) is 7.40. The van der Waals surface area contributed by atoms with Gasteiger partial charge in [-0.1, -0.05) is 0 Å². The van der Waals surface area contributed by atoms with Crippen LogP contribution in [0.1, 0.15) is 18.5 Å². The van der Waals surface area contributed by atoms with Gasteiger partial charge < -0.3 is 14.6 Å². The van der Waals surface area contributed by atoms with Crippen LogP contribution in [-0.2, 0) is 4.74 Å². The van der Waals surface area contributed by atoms with Gasteiger partial charge in [-0.3, -0.25) is 4.90 Å². The zero-order chi connectivity index (χ0) is 19.1. The van der Waals surface area contributed by atoms with Crippen molar-refractivity contribution in [3.05, 3.63) is 28.6 Å². The Kier molecular flexibility index (Phi) is 4.67. The highest BCUT2D eigenvalue weighted by Crippen LogP contribution is 2.37. The van der Waals surface area contributed by atoms with Crippen molar-refractivity contribution in [3.63, 3.8) is 0 Å². The summed E-state index contributed by atoms with van der Waals surface area (Å²) in [5, 5.41) is 11.8. The fraction of sp³-hybridized carbons (Fsp3) is 0.450. The molecule has 3 aromatic heterocycles. The molecule has 2 saturated heterocycles. The maximum absolute atomic E-state index is 9.73. The van der Waals surface area contributed by atoms with Crippen molar-refractivity contribution in [2.24, 2.45) is 0 Å². The monoisotopic (exact) mass is 440 g/mol. The van der Waals surface area contributed by atoms with E-state index in [0.717, 1.165) is 84.3 Å². The summed E-state index contributed by atoms with van der Waals surface area (Å²) in [5.41, 5.74) is 3.16. The number of hydrogen-bond donors (Lipinski definition) is 1. The molecule has 2 aliphatic heterocycles. The van der Waals surface area contributed by atoms with Gasteiger partial charge in [-0.2, -0.15) is 5.26 Å². The van der Waals surface area contributed by atoms with Gasteiger partial charge in [-0.25, -0.2) is 9.97 Å². The van der Waals surface area contributed by atoms with Crippen molar-refractivity contribution in [3.8, 4) is 6.07 Å². The zero-order valence-corrected chi connectivity index (χ0v) is 17.1. The summed E-state index contributed by atoms with van der Waals surface area (Å²) in [6.07, 6.45) is 5.70. The average Bonchev–Trinajstić information content (AvgIpc) is 3.11. The minimum absolute atomic E-state index is 0.484. The molecule has 8 heteroatoms. The van der Waals surface area contributed by atoms with Crippen LogP contribution in [0.15, 0.2) is 22.9 Å². The molecule has 3 aromatic rings. The van der Waals surface area contributed by atoms with Crippen LogP contribution in [0.2, 0.25) is 0 Å². The van der Waals surface area contributed by atoms with E-state index in [9.17, 15) is 5.26 Å². The molecular formula is C20H21BrN6O. The van der Waals surface area contributed by atoms with E-state index in [-0.39, 0.29) is 0 Å². The van der Waals surface area contributed by atoms with E-state index < -0.39 is 0 Å². The Bertz CT molecular complexity index is 1060. The average molecular weight is 441 g/mol. The summed E-state index contributed by atoms with van der Waals surface area (Å²) in [6.45, 7) is 5.55. The molecule has 2 aliphatic rings. The summed E-state index contributed by atoms with van der Waals surface area (Å²) in [5.74, 6) is 0. The first-order valence-electron chi connectivity index (χ1n) is 9.67. The highest BCUT2D eigenvalue weighted by molar-refractivity contribution is 9.10. The van der Waals surface area contributed by atoms with Crippen LogP contribution < -0.4 is 4.90 Å². The molecule has 0 spiro atoms. The molecule has 5 heterocycles. The highest BCUT2D eigenvalue weighted by Gasteiger charge is 2.28. The molecule has 0 radical (unpaired) electrons. The number of piperidine rings is 1. The summed E-state index contributed by atoms with van der Waals surface area (Å²) in [7, 11) is 0. The number of ether oxygens (including phenoxy) is 1. The van der Waals surface area contributed by atoms with Gasteiger partial charge in [0.2, 0.25) is 0 Å². The maximum atomic E-state index is 9.73. The third kappa shape index (κ3) is 3.04. The fourth-order valence-corrected chi connectivity index (χ4v) is 4.84. The SMILES string of the molecule is N#Cc1ncc2[nH]c3ncc(Br)cc3c2c1N1CCC(N2CCOCC2)CC1. The molecule has 144 valence electrons. The van der Waals surface area contributed by atoms with E-state index in [4.69, 9.17) is 4.74 Å². The molecular weight excluding hydrogens is 420 g/mol. The molecule has 28 heavy (non-hydrogen) atoms. The number of hydrogen-bond acceptors (Lipinski definition) is 6. The van der Waals surface area contributed by atoms with Crippen molar-refractivity contribution >= 4 is 43.6 Å². The Morgan fingerprint density at radius 2 is 1.93 bits per heavy atom. The maximum Gasteiger partial charge on any atom is 0.164 e. The number of H-pyrrole nitrogens is 1.